The van der Waals surface area contributed by atoms with Gasteiger partial charge in [0, 0.05) is 18.5 Å². The molecule has 2 atom stereocenters. The maximum Gasteiger partial charge on any atom is 0.150 e. The Hall–Kier alpha value is -0.950. The smallest absolute Gasteiger partial charge is 0.150 e. The molecule has 0 aromatic carbocycles. The van der Waals surface area contributed by atoms with Crippen molar-refractivity contribution < 1.29 is 8.42 Å². The van der Waals surface area contributed by atoms with E-state index in [1.54, 1.807) is 6.33 Å². The molecule has 1 aliphatic heterocycles. The first-order chi connectivity index (χ1) is 9.93. The van der Waals surface area contributed by atoms with Crippen LogP contribution in [0, 0.1) is 5.92 Å². The van der Waals surface area contributed by atoms with E-state index in [0.29, 0.717) is 11.5 Å². The molecule has 0 amide bonds. The Bertz CT molecular complexity index is 553. The quantitative estimate of drug-likeness (QED) is 0.818. The molecule has 1 saturated heterocycles. The lowest BCUT2D eigenvalue weighted by molar-refractivity contribution is 0.363. The molecule has 1 aromatic heterocycles. The Morgan fingerprint density at radius 1 is 1.48 bits per heavy atom. The van der Waals surface area contributed by atoms with Crippen molar-refractivity contribution >= 4 is 9.84 Å². The Balaban J connectivity index is 2.11. The zero-order valence-electron chi connectivity index (χ0n) is 13.1. The first-order valence-electron chi connectivity index (χ1n) is 7.75. The molecule has 120 valence electrons. The van der Waals surface area contributed by atoms with Crippen LogP contribution in [0.4, 0.5) is 0 Å². The summed E-state index contributed by atoms with van der Waals surface area (Å²) in [6, 6.07) is 0.422. The van der Waals surface area contributed by atoms with Crippen molar-refractivity contribution in [2.75, 3.05) is 18.1 Å². The van der Waals surface area contributed by atoms with Gasteiger partial charge in [-0.2, -0.15) is 5.10 Å². The molecule has 1 aromatic rings. The molecule has 2 heterocycles. The molecule has 7 heteroatoms. The van der Waals surface area contributed by atoms with Crippen molar-refractivity contribution in [3.63, 3.8) is 0 Å². The van der Waals surface area contributed by atoms with Crippen molar-refractivity contribution in [3.8, 4) is 0 Å². The van der Waals surface area contributed by atoms with Crippen LogP contribution < -0.4 is 5.32 Å². The monoisotopic (exact) mass is 314 g/mol. The predicted octanol–water partition coefficient (Wildman–Crippen LogP) is 1.20. The number of hydrogen-bond donors (Lipinski definition) is 1. The summed E-state index contributed by atoms with van der Waals surface area (Å²) in [5.41, 5.74) is 0. The van der Waals surface area contributed by atoms with Crippen molar-refractivity contribution in [3.05, 3.63) is 12.2 Å². The van der Waals surface area contributed by atoms with Gasteiger partial charge in [-0.3, -0.25) is 0 Å². The first kappa shape index (κ1) is 16.4. The molecular weight excluding hydrogens is 288 g/mol. The van der Waals surface area contributed by atoms with Gasteiger partial charge in [-0.1, -0.05) is 6.92 Å². The maximum atomic E-state index is 11.7. The summed E-state index contributed by atoms with van der Waals surface area (Å²) in [5.74, 6) is 1.73. The van der Waals surface area contributed by atoms with Crippen LogP contribution in [0.1, 0.15) is 45.5 Å². The minimum Gasteiger partial charge on any atom is -0.313 e. The van der Waals surface area contributed by atoms with Crippen LogP contribution in [0.2, 0.25) is 0 Å². The van der Waals surface area contributed by atoms with E-state index in [-0.39, 0.29) is 18.0 Å². The summed E-state index contributed by atoms with van der Waals surface area (Å²) in [5, 5.41) is 7.77. The van der Waals surface area contributed by atoms with Crippen molar-refractivity contribution in [1.29, 1.82) is 0 Å². The summed E-state index contributed by atoms with van der Waals surface area (Å²) in [4.78, 5) is 4.36. The lowest BCUT2D eigenvalue weighted by Gasteiger charge is -2.24. The fourth-order valence-corrected chi connectivity index (χ4v) is 4.80. The van der Waals surface area contributed by atoms with Crippen LogP contribution in [0.25, 0.3) is 0 Å². The van der Waals surface area contributed by atoms with E-state index in [4.69, 9.17) is 0 Å². The van der Waals surface area contributed by atoms with Crippen molar-refractivity contribution in [2.24, 2.45) is 5.92 Å². The third kappa shape index (κ3) is 4.26. The fraction of sp³-hybridized carbons (Fsp3) is 0.857. The van der Waals surface area contributed by atoms with Gasteiger partial charge in [-0.05, 0) is 39.2 Å². The second kappa shape index (κ2) is 6.87. The second-order valence-electron chi connectivity index (χ2n) is 6.14. The van der Waals surface area contributed by atoms with E-state index in [1.165, 1.54) is 0 Å². The number of sulfone groups is 1. The van der Waals surface area contributed by atoms with Crippen molar-refractivity contribution in [2.45, 2.75) is 52.1 Å². The van der Waals surface area contributed by atoms with Gasteiger partial charge in [0.2, 0.25) is 0 Å². The number of hydrogen-bond acceptors (Lipinski definition) is 5. The molecule has 2 rings (SSSR count). The van der Waals surface area contributed by atoms with Crippen LogP contribution >= 0.6 is 0 Å². The highest BCUT2D eigenvalue weighted by molar-refractivity contribution is 7.91. The zero-order chi connectivity index (χ0) is 15.5. The molecule has 1 fully saturated rings. The van der Waals surface area contributed by atoms with Gasteiger partial charge in [-0.15, -0.1) is 0 Å². The first-order valence-corrected chi connectivity index (χ1v) is 9.57. The number of aromatic nitrogens is 3. The van der Waals surface area contributed by atoms with Gasteiger partial charge in [0.25, 0.3) is 0 Å². The Morgan fingerprint density at radius 2 is 2.24 bits per heavy atom. The Morgan fingerprint density at radius 3 is 2.81 bits per heavy atom. The normalized spacial score (nSPS) is 22.8. The minimum atomic E-state index is -2.85. The van der Waals surface area contributed by atoms with E-state index in [0.717, 1.165) is 31.6 Å². The molecule has 2 unspecified atom stereocenters. The van der Waals surface area contributed by atoms with Gasteiger partial charge < -0.3 is 5.32 Å². The van der Waals surface area contributed by atoms with Crippen LogP contribution in [-0.2, 0) is 16.3 Å². The molecule has 0 spiro atoms. The van der Waals surface area contributed by atoms with Gasteiger partial charge >= 0.3 is 0 Å². The molecule has 0 radical (unpaired) electrons. The summed E-state index contributed by atoms with van der Waals surface area (Å²) in [6.45, 7) is 7.17. The summed E-state index contributed by atoms with van der Waals surface area (Å²) in [7, 11) is -2.85. The number of nitrogens with one attached hydrogen (secondary N) is 1. The van der Waals surface area contributed by atoms with Gasteiger partial charge in [0.1, 0.15) is 12.2 Å². The average molecular weight is 314 g/mol. The Labute approximate surface area is 127 Å². The molecular formula is C14H26N4O2S. The third-order valence-electron chi connectivity index (χ3n) is 4.03. The SMILES string of the molecule is CCCNC(Cc1ncnn1C(C)C)C1CCS(=O)(=O)C1. The lowest BCUT2D eigenvalue weighted by atomic mass is 9.95. The van der Waals surface area contributed by atoms with Crippen LogP contribution in [0.15, 0.2) is 6.33 Å². The standard InChI is InChI=1S/C14H26N4O2S/c1-4-6-15-13(12-5-7-21(19,20)9-12)8-14-16-10-17-18(14)11(2)3/h10-13,15H,4-9H2,1-3H3. The lowest BCUT2D eigenvalue weighted by Crippen LogP contribution is -2.40. The third-order valence-corrected chi connectivity index (χ3v) is 5.83. The minimum absolute atomic E-state index is 0.156. The highest BCUT2D eigenvalue weighted by atomic mass is 32.2. The van der Waals surface area contributed by atoms with Crippen LogP contribution in [0.5, 0.6) is 0 Å². The molecule has 0 saturated carbocycles. The molecule has 1 aliphatic rings. The number of rotatable bonds is 7. The second-order valence-corrected chi connectivity index (χ2v) is 8.37. The zero-order valence-corrected chi connectivity index (χ0v) is 13.9. The highest BCUT2D eigenvalue weighted by Crippen LogP contribution is 2.24. The highest BCUT2D eigenvalue weighted by Gasteiger charge is 2.34. The summed E-state index contributed by atoms with van der Waals surface area (Å²) < 4.78 is 25.4. The Kier molecular flexibility index (Phi) is 5.37. The van der Waals surface area contributed by atoms with E-state index in [9.17, 15) is 8.42 Å². The predicted molar refractivity (Wildman–Crippen MR) is 83.0 cm³/mol. The van der Waals surface area contributed by atoms with Crippen LogP contribution in [0.3, 0.4) is 0 Å². The van der Waals surface area contributed by atoms with Crippen LogP contribution in [-0.4, -0.2) is 47.3 Å². The molecule has 0 bridgehead atoms. The molecule has 6 nitrogen and oxygen atoms in total. The molecule has 21 heavy (non-hydrogen) atoms. The fourth-order valence-electron chi connectivity index (χ4n) is 2.92. The number of nitrogens with zero attached hydrogens (tertiary/aromatic N) is 3. The van der Waals surface area contributed by atoms with E-state index < -0.39 is 9.84 Å². The molecule has 1 N–H and O–H groups in total. The topological polar surface area (TPSA) is 76.9 Å². The van der Waals surface area contributed by atoms with E-state index in [2.05, 4.69) is 36.2 Å². The van der Waals surface area contributed by atoms with E-state index >= 15 is 0 Å². The molecule has 0 aliphatic carbocycles. The van der Waals surface area contributed by atoms with Gasteiger partial charge in [0.05, 0.1) is 11.5 Å². The van der Waals surface area contributed by atoms with E-state index in [1.807, 2.05) is 4.68 Å². The van der Waals surface area contributed by atoms with Gasteiger partial charge in [-0.25, -0.2) is 18.1 Å². The maximum absolute atomic E-state index is 11.7. The van der Waals surface area contributed by atoms with Crippen molar-refractivity contribution in [1.82, 2.24) is 20.1 Å². The van der Waals surface area contributed by atoms with Gasteiger partial charge in [0.15, 0.2) is 9.84 Å². The summed E-state index contributed by atoms with van der Waals surface area (Å²) >= 11 is 0. The largest absolute Gasteiger partial charge is 0.313 e. The summed E-state index contributed by atoms with van der Waals surface area (Å²) in [6.07, 6.45) is 4.10. The average Bonchev–Trinajstić information content (AvgIpc) is 3.00.